The monoisotopic (exact) mass is 365 g/mol. The van der Waals surface area contributed by atoms with Gasteiger partial charge in [-0.15, -0.1) is 5.10 Å². The van der Waals surface area contributed by atoms with Crippen molar-refractivity contribution in [2.75, 3.05) is 6.54 Å². The highest BCUT2D eigenvalue weighted by molar-refractivity contribution is 5.85. The summed E-state index contributed by atoms with van der Waals surface area (Å²) in [6.45, 7) is 0.754. The predicted molar refractivity (Wildman–Crippen MR) is 98.7 cm³/mol. The molecule has 1 saturated carbocycles. The number of para-hydroxylation sites is 2. The minimum atomic E-state index is -0.656. The average molecular weight is 365 g/mol. The summed E-state index contributed by atoms with van der Waals surface area (Å²) < 4.78 is 1.70. The minimum absolute atomic E-state index is 0.0137. The van der Waals surface area contributed by atoms with Crippen LogP contribution in [-0.4, -0.2) is 47.5 Å². The lowest BCUT2D eigenvalue weighted by Crippen LogP contribution is -2.52. The molecule has 0 spiro atoms. The Bertz CT molecular complexity index is 909. The molecule has 0 radical (unpaired) electrons. The van der Waals surface area contributed by atoms with Crippen LogP contribution < -0.4 is 0 Å². The van der Waals surface area contributed by atoms with Crippen LogP contribution in [0.1, 0.15) is 56.8 Å². The van der Waals surface area contributed by atoms with Gasteiger partial charge in [-0.25, -0.2) is 9.67 Å². The lowest BCUT2D eigenvalue weighted by atomic mass is 9.80. The number of carbonyl (C=O) groups is 1. The number of fused-ring (bicyclic) bond motifs is 1. The van der Waals surface area contributed by atoms with Gasteiger partial charge in [0.05, 0.1) is 17.1 Å². The van der Waals surface area contributed by atoms with E-state index in [0.29, 0.717) is 0 Å². The Labute approximate surface area is 157 Å². The number of H-pyrrole nitrogens is 1. The van der Waals surface area contributed by atoms with E-state index in [9.17, 15) is 4.79 Å². The first-order valence-corrected chi connectivity index (χ1v) is 9.77. The number of amides is 1. The first-order chi connectivity index (χ1) is 13.3. The molecular formula is C19H23N7O. The molecule has 1 aliphatic carbocycles. The summed E-state index contributed by atoms with van der Waals surface area (Å²) in [5.74, 6) is 1.02. The zero-order chi connectivity index (χ0) is 18.3. The van der Waals surface area contributed by atoms with Crippen molar-refractivity contribution in [1.82, 2.24) is 35.1 Å². The number of aromatic amines is 1. The summed E-state index contributed by atoms with van der Waals surface area (Å²) in [5, 5.41) is 11.7. The summed E-state index contributed by atoms with van der Waals surface area (Å²) in [4.78, 5) is 24.0. The molecule has 0 unspecified atom stereocenters. The van der Waals surface area contributed by atoms with Gasteiger partial charge in [-0.2, -0.15) is 0 Å². The van der Waals surface area contributed by atoms with E-state index in [-0.39, 0.29) is 11.9 Å². The Hall–Kier alpha value is -2.77. The van der Waals surface area contributed by atoms with Crippen molar-refractivity contribution in [3.05, 3.63) is 36.4 Å². The van der Waals surface area contributed by atoms with Gasteiger partial charge in [-0.1, -0.05) is 31.4 Å². The molecule has 3 heterocycles. The standard InChI is InChI=1S/C19H23N7O/c27-18(19(10-4-1-5-11-19)26-13-20-23-24-26)25-12-6-9-16(25)17-21-14-7-2-3-8-15(14)22-17/h2-3,7-8,13,16H,1,4-6,9-12H2,(H,21,22)/t16-/m0/s1. The highest BCUT2D eigenvalue weighted by Gasteiger charge is 2.48. The van der Waals surface area contributed by atoms with Crippen LogP contribution in [0, 0.1) is 0 Å². The van der Waals surface area contributed by atoms with E-state index in [1.807, 2.05) is 29.2 Å². The van der Waals surface area contributed by atoms with Gasteiger partial charge in [0, 0.05) is 6.54 Å². The Morgan fingerprint density at radius 3 is 2.78 bits per heavy atom. The molecule has 2 fully saturated rings. The van der Waals surface area contributed by atoms with Crippen LogP contribution in [0.25, 0.3) is 11.0 Å². The number of nitrogens with one attached hydrogen (secondary N) is 1. The van der Waals surface area contributed by atoms with Crippen LogP contribution in [0.5, 0.6) is 0 Å². The maximum atomic E-state index is 13.8. The third kappa shape index (κ3) is 2.62. The van der Waals surface area contributed by atoms with Gasteiger partial charge in [0.2, 0.25) is 0 Å². The number of carbonyl (C=O) groups excluding carboxylic acids is 1. The molecule has 1 atom stereocenters. The normalized spacial score (nSPS) is 22.4. The summed E-state index contributed by atoms with van der Waals surface area (Å²) in [5.41, 5.74) is 1.30. The van der Waals surface area contributed by atoms with E-state index in [0.717, 1.165) is 68.3 Å². The fourth-order valence-electron chi connectivity index (χ4n) is 4.73. The van der Waals surface area contributed by atoms with Gasteiger partial charge >= 0.3 is 0 Å². The van der Waals surface area contributed by atoms with Crippen LogP contribution in [0.4, 0.5) is 0 Å². The minimum Gasteiger partial charge on any atom is -0.340 e. The molecule has 8 nitrogen and oxygen atoms in total. The molecule has 27 heavy (non-hydrogen) atoms. The predicted octanol–water partition coefficient (Wildman–Crippen LogP) is 2.57. The highest BCUT2D eigenvalue weighted by atomic mass is 16.2. The Morgan fingerprint density at radius 2 is 2.00 bits per heavy atom. The van der Waals surface area contributed by atoms with E-state index >= 15 is 0 Å². The summed E-state index contributed by atoms with van der Waals surface area (Å²) in [6.07, 6.45) is 8.29. The lowest BCUT2D eigenvalue weighted by molar-refractivity contribution is -0.144. The molecule has 1 saturated heterocycles. The fourth-order valence-corrected chi connectivity index (χ4v) is 4.73. The summed E-state index contributed by atoms with van der Waals surface area (Å²) in [6, 6.07) is 7.99. The first-order valence-electron chi connectivity index (χ1n) is 9.77. The highest BCUT2D eigenvalue weighted by Crippen LogP contribution is 2.40. The quantitative estimate of drug-likeness (QED) is 0.770. The number of rotatable bonds is 3. The average Bonchev–Trinajstić information content (AvgIpc) is 3.47. The van der Waals surface area contributed by atoms with Crippen molar-refractivity contribution >= 4 is 16.9 Å². The molecule has 3 aromatic rings. The van der Waals surface area contributed by atoms with E-state index < -0.39 is 5.54 Å². The molecule has 1 N–H and O–H groups in total. The number of hydrogen-bond acceptors (Lipinski definition) is 5. The SMILES string of the molecule is O=C(N1CCC[C@H]1c1nc2ccccc2[nH]1)C1(n2cnnn2)CCCCC1. The van der Waals surface area contributed by atoms with E-state index in [1.54, 1.807) is 11.0 Å². The zero-order valence-electron chi connectivity index (χ0n) is 15.2. The second kappa shape index (κ2) is 6.44. The van der Waals surface area contributed by atoms with Crippen molar-refractivity contribution in [1.29, 1.82) is 0 Å². The van der Waals surface area contributed by atoms with Crippen molar-refractivity contribution in [3.63, 3.8) is 0 Å². The number of hydrogen-bond donors (Lipinski definition) is 1. The van der Waals surface area contributed by atoms with Gasteiger partial charge in [0.15, 0.2) is 0 Å². The Kier molecular flexibility index (Phi) is 3.91. The second-order valence-corrected chi connectivity index (χ2v) is 7.64. The topological polar surface area (TPSA) is 92.6 Å². The van der Waals surface area contributed by atoms with Gasteiger partial charge in [-0.3, -0.25) is 4.79 Å². The van der Waals surface area contributed by atoms with Crippen LogP contribution in [-0.2, 0) is 10.3 Å². The van der Waals surface area contributed by atoms with Gasteiger partial charge < -0.3 is 9.88 Å². The Balaban J connectivity index is 1.50. The van der Waals surface area contributed by atoms with Crippen molar-refractivity contribution in [3.8, 4) is 0 Å². The third-order valence-electron chi connectivity index (χ3n) is 6.10. The summed E-state index contributed by atoms with van der Waals surface area (Å²) >= 11 is 0. The van der Waals surface area contributed by atoms with Gasteiger partial charge in [0.25, 0.3) is 5.91 Å². The molecule has 1 amide bonds. The molecule has 5 rings (SSSR count). The van der Waals surface area contributed by atoms with Crippen molar-refractivity contribution in [2.24, 2.45) is 0 Å². The van der Waals surface area contributed by atoms with Gasteiger partial charge in [0.1, 0.15) is 17.7 Å². The second-order valence-electron chi connectivity index (χ2n) is 7.64. The number of nitrogens with zero attached hydrogens (tertiary/aromatic N) is 6. The number of likely N-dealkylation sites (tertiary alicyclic amines) is 1. The van der Waals surface area contributed by atoms with Crippen LogP contribution in [0.15, 0.2) is 30.6 Å². The smallest absolute Gasteiger partial charge is 0.251 e. The number of benzene rings is 1. The maximum absolute atomic E-state index is 13.8. The molecule has 1 aromatic carbocycles. The van der Waals surface area contributed by atoms with Gasteiger partial charge in [-0.05, 0) is 48.2 Å². The zero-order valence-corrected chi connectivity index (χ0v) is 15.2. The molecule has 1 aliphatic heterocycles. The van der Waals surface area contributed by atoms with E-state index in [4.69, 9.17) is 4.98 Å². The molecule has 0 bridgehead atoms. The number of aromatic nitrogens is 6. The maximum Gasteiger partial charge on any atom is 0.251 e. The molecule has 2 aromatic heterocycles. The van der Waals surface area contributed by atoms with Crippen LogP contribution in [0.3, 0.4) is 0 Å². The van der Waals surface area contributed by atoms with Crippen LogP contribution in [0.2, 0.25) is 0 Å². The van der Waals surface area contributed by atoms with Crippen molar-refractivity contribution in [2.45, 2.75) is 56.5 Å². The molecule has 2 aliphatic rings. The van der Waals surface area contributed by atoms with Crippen molar-refractivity contribution < 1.29 is 4.79 Å². The number of tetrazole rings is 1. The third-order valence-corrected chi connectivity index (χ3v) is 6.10. The fraction of sp³-hybridized carbons (Fsp3) is 0.526. The first kappa shape index (κ1) is 16.4. The molecule has 140 valence electrons. The lowest BCUT2D eigenvalue weighted by Gasteiger charge is -2.39. The van der Waals surface area contributed by atoms with E-state index in [1.165, 1.54) is 0 Å². The molecule has 8 heteroatoms. The molecular weight excluding hydrogens is 342 g/mol. The largest absolute Gasteiger partial charge is 0.340 e. The van der Waals surface area contributed by atoms with E-state index in [2.05, 4.69) is 20.5 Å². The number of imidazole rings is 1. The van der Waals surface area contributed by atoms with Crippen LogP contribution >= 0.6 is 0 Å². The Morgan fingerprint density at radius 1 is 1.15 bits per heavy atom. The summed E-state index contributed by atoms with van der Waals surface area (Å²) in [7, 11) is 0.